The van der Waals surface area contributed by atoms with Crippen molar-refractivity contribution in [1.29, 1.82) is 0 Å². The Bertz CT molecular complexity index is 3620. The van der Waals surface area contributed by atoms with Crippen molar-refractivity contribution in [1.82, 2.24) is 0 Å². The minimum atomic E-state index is 1.10. The Labute approximate surface area is 383 Å². The van der Waals surface area contributed by atoms with Crippen molar-refractivity contribution in [2.24, 2.45) is 0 Å². The summed E-state index contributed by atoms with van der Waals surface area (Å²) in [5.41, 5.74) is 13.8. The number of hydrogen-bond acceptors (Lipinski definition) is 3. The fourth-order valence-corrected chi connectivity index (χ4v) is 10.5. The van der Waals surface area contributed by atoms with Gasteiger partial charge in [-0.3, -0.25) is 0 Å². The number of benzene rings is 11. The van der Waals surface area contributed by atoms with E-state index in [-0.39, 0.29) is 0 Å². The number of thiophene rings is 1. The van der Waals surface area contributed by atoms with Crippen molar-refractivity contribution in [2.75, 3.05) is 9.80 Å². The van der Waals surface area contributed by atoms with E-state index in [1.54, 1.807) is 0 Å². The Balaban J connectivity index is 0.910. The third kappa shape index (κ3) is 7.19. The number of para-hydroxylation sites is 1. The van der Waals surface area contributed by atoms with Crippen LogP contribution in [-0.2, 0) is 0 Å². The van der Waals surface area contributed by atoms with Crippen molar-refractivity contribution in [2.45, 2.75) is 0 Å². The zero-order valence-corrected chi connectivity index (χ0v) is 36.4. The molecule has 11 aromatic carbocycles. The largest absolute Gasteiger partial charge is 0.310 e. The summed E-state index contributed by atoms with van der Waals surface area (Å²) in [7, 11) is 0. The topological polar surface area (TPSA) is 6.48 Å². The van der Waals surface area contributed by atoms with Crippen molar-refractivity contribution < 1.29 is 0 Å². The first-order chi connectivity index (χ1) is 32.2. The molecule has 1 aromatic heterocycles. The fraction of sp³-hybridized carbons (Fsp3) is 0. The highest BCUT2D eigenvalue weighted by molar-refractivity contribution is 7.25. The molecule has 0 saturated carbocycles. The maximum Gasteiger partial charge on any atom is 0.0468 e. The lowest BCUT2D eigenvalue weighted by Crippen LogP contribution is -2.10. The van der Waals surface area contributed by atoms with E-state index in [1.165, 1.54) is 64.0 Å². The predicted molar refractivity (Wildman–Crippen MR) is 280 cm³/mol. The first-order valence-corrected chi connectivity index (χ1v) is 23.0. The van der Waals surface area contributed by atoms with Gasteiger partial charge in [0.05, 0.1) is 0 Å². The van der Waals surface area contributed by atoms with Crippen LogP contribution in [-0.4, -0.2) is 0 Å². The third-order valence-electron chi connectivity index (χ3n) is 12.6. The Hall–Kier alpha value is -8.24. The average molecular weight is 847 g/mol. The SMILES string of the molecule is c1ccc(-c2ccc(N(c3ccc(-c4ccc(N(c5ccccc5)c5ccc6c(c5)c(-c5ccccc5)cc5ccccc56)cc4)cc3)c3ccc4sc5ccccc5c4c3)cc2)cc1. The highest BCUT2D eigenvalue weighted by Gasteiger charge is 2.18. The molecule has 0 aliphatic heterocycles. The Kier molecular flexibility index (Phi) is 9.74. The summed E-state index contributed by atoms with van der Waals surface area (Å²) in [6.07, 6.45) is 0. The fourth-order valence-electron chi connectivity index (χ4n) is 9.45. The van der Waals surface area contributed by atoms with Crippen LogP contribution < -0.4 is 9.80 Å². The van der Waals surface area contributed by atoms with Gasteiger partial charge in [-0.15, -0.1) is 11.3 Å². The van der Waals surface area contributed by atoms with Crippen LogP contribution in [0.3, 0.4) is 0 Å². The molecule has 0 amide bonds. The first-order valence-electron chi connectivity index (χ1n) is 22.2. The average Bonchev–Trinajstić information content (AvgIpc) is 3.76. The molecule has 65 heavy (non-hydrogen) atoms. The molecule has 1 heterocycles. The van der Waals surface area contributed by atoms with E-state index < -0.39 is 0 Å². The van der Waals surface area contributed by atoms with Crippen LogP contribution in [0.15, 0.2) is 255 Å². The summed E-state index contributed by atoms with van der Waals surface area (Å²) in [6.45, 7) is 0. The number of fused-ring (bicyclic) bond motifs is 6. The Morgan fingerprint density at radius 1 is 0.231 bits per heavy atom. The molecule has 12 aromatic rings. The quantitative estimate of drug-likeness (QED) is 0.134. The molecule has 0 fully saturated rings. The predicted octanol–water partition coefficient (Wildman–Crippen LogP) is 18.3. The molecule has 0 unspecified atom stereocenters. The van der Waals surface area contributed by atoms with Crippen LogP contribution in [0.5, 0.6) is 0 Å². The molecule has 0 spiro atoms. The minimum absolute atomic E-state index is 1.10. The van der Waals surface area contributed by atoms with E-state index in [0.29, 0.717) is 0 Å². The van der Waals surface area contributed by atoms with Crippen LogP contribution in [0.2, 0.25) is 0 Å². The molecule has 0 aliphatic carbocycles. The normalized spacial score (nSPS) is 11.4. The second-order valence-electron chi connectivity index (χ2n) is 16.5. The second-order valence-corrected chi connectivity index (χ2v) is 17.6. The Morgan fingerprint density at radius 3 is 1.25 bits per heavy atom. The number of hydrogen-bond donors (Lipinski definition) is 0. The van der Waals surface area contributed by atoms with Crippen molar-refractivity contribution in [3.63, 3.8) is 0 Å². The van der Waals surface area contributed by atoms with Gasteiger partial charge in [-0.05, 0) is 146 Å². The number of rotatable bonds is 9. The summed E-state index contributed by atoms with van der Waals surface area (Å²) >= 11 is 1.85. The lowest BCUT2D eigenvalue weighted by atomic mass is 9.92. The molecule has 0 atom stereocenters. The first kappa shape index (κ1) is 38.4. The van der Waals surface area contributed by atoms with Gasteiger partial charge in [-0.25, -0.2) is 0 Å². The van der Waals surface area contributed by atoms with E-state index in [0.717, 1.165) is 45.3 Å². The molecule has 0 N–H and O–H groups in total. The summed E-state index contributed by atoms with van der Waals surface area (Å²) in [6, 6.07) is 92.6. The lowest BCUT2D eigenvalue weighted by Gasteiger charge is -2.27. The van der Waals surface area contributed by atoms with Gasteiger partial charge in [0.2, 0.25) is 0 Å². The summed E-state index contributed by atoms with van der Waals surface area (Å²) in [5, 5.41) is 7.56. The minimum Gasteiger partial charge on any atom is -0.310 e. The molecule has 0 bridgehead atoms. The van der Waals surface area contributed by atoms with E-state index in [2.05, 4.69) is 265 Å². The highest BCUT2D eigenvalue weighted by atomic mass is 32.1. The molecular formula is C62H42N2S. The molecule has 306 valence electrons. The van der Waals surface area contributed by atoms with E-state index in [9.17, 15) is 0 Å². The van der Waals surface area contributed by atoms with Gasteiger partial charge in [0, 0.05) is 54.3 Å². The summed E-state index contributed by atoms with van der Waals surface area (Å²) < 4.78 is 2.61. The number of anilines is 6. The molecule has 3 heteroatoms. The lowest BCUT2D eigenvalue weighted by molar-refractivity contribution is 1.28. The van der Waals surface area contributed by atoms with Gasteiger partial charge in [0.1, 0.15) is 0 Å². The monoisotopic (exact) mass is 846 g/mol. The van der Waals surface area contributed by atoms with Crippen molar-refractivity contribution in [3.05, 3.63) is 255 Å². The molecule has 0 radical (unpaired) electrons. The molecular weight excluding hydrogens is 805 g/mol. The standard InChI is InChI=1S/C62H42N2S/c1-4-14-43(15-5-1)44-24-30-51(31-25-44)64(54-37-39-62-60(42-54)57-22-12-13-23-61(57)65-62)52-34-28-46(29-35-52)45-26-32-50(33-27-45)63(49-19-8-3-9-20-49)53-36-38-56-55-21-11-10-18-48(55)40-58(59(56)41-53)47-16-6-2-7-17-47/h1-42H. The van der Waals surface area contributed by atoms with Crippen LogP contribution >= 0.6 is 11.3 Å². The van der Waals surface area contributed by atoms with Gasteiger partial charge in [0.15, 0.2) is 0 Å². The molecule has 0 aliphatic rings. The van der Waals surface area contributed by atoms with Crippen LogP contribution in [0.1, 0.15) is 0 Å². The zero-order valence-electron chi connectivity index (χ0n) is 35.6. The maximum absolute atomic E-state index is 2.38. The van der Waals surface area contributed by atoms with E-state index in [4.69, 9.17) is 0 Å². The smallest absolute Gasteiger partial charge is 0.0468 e. The molecule has 0 saturated heterocycles. The van der Waals surface area contributed by atoms with E-state index >= 15 is 0 Å². The van der Waals surface area contributed by atoms with Gasteiger partial charge in [0.25, 0.3) is 0 Å². The van der Waals surface area contributed by atoms with Crippen LogP contribution in [0, 0.1) is 0 Å². The van der Waals surface area contributed by atoms with Gasteiger partial charge in [-0.2, -0.15) is 0 Å². The summed E-state index contributed by atoms with van der Waals surface area (Å²) in [4.78, 5) is 4.74. The van der Waals surface area contributed by atoms with E-state index in [1.807, 2.05) is 11.3 Å². The van der Waals surface area contributed by atoms with Crippen molar-refractivity contribution >= 4 is 87.2 Å². The third-order valence-corrected chi connectivity index (χ3v) is 13.8. The second kappa shape index (κ2) is 16.5. The molecule has 12 rings (SSSR count). The van der Waals surface area contributed by atoms with Gasteiger partial charge < -0.3 is 9.80 Å². The Morgan fingerprint density at radius 2 is 0.646 bits per heavy atom. The maximum atomic E-state index is 2.38. The van der Waals surface area contributed by atoms with Crippen molar-refractivity contribution in [3.8, 4) is 33.4 Å². The van der Waals surface area contributed by atoms with Crippen LogP contribution in [0.4, 0.5) is 34.1 Å². The number of nitrogens with zero attached hydrogens (tertiary/aromatic N) is 2. The highest BCUT2D eigenvalue weighted by Crippen LogP contribution is 2.44. The van der Waals surface area contributed by atoms with Gasteiger partial charge >= 0.3 is 0 Å². The summed E-state index contributed by atoms with van der Waals surface area (Å²) in [5.74, 6) is 0. The molecule has 2 nitrogen and oxygen atoms in total. The zero-order chi connectivity index (χ0) is 43.1. The van der Waals surface area contributed by atoms with Crippen LogP contribution in [0.25, 0.3) is 75.1 Å². The van der Waals surface area contributed by atoms with Gasteiger partial charge in [-0.1, -0.05) is 164 Å².